The maximum atomic E-state index is 12.0. The summed E-state index contributed by atoms with van der Waals surface area (Å²) < 4.78 is 0. The minimum Gasteiger partial charge on any atom is -0.325 e. The van der Waals surface area contributed by atoms with Gasteiger partial charge in [0, 0.05) is 36.4 Å². The molecule has 1 aromatic rings. The standard InChI is InChI=1S/C15H20N4O2S.2ClH/c20-14(7-12-9-22-6-5-16-12)18-11-3-4-13(17-8-11)19-15(21)10-1-2-10;;/h3-4,8,10,12,16H,1-2,5-7,9H2,(H,18,20)(H,17,19,21);2*1H. The van der Waals surface area contributed by atoms with Gasteiger partial charge in [-0.05, 0) is 25.0 Å². The summed E-state index contributed by atoms with van der Waals surface area (Å²) in [4.78, 5) is 27.8. The molecule has 0 bridgehead atoms. The van der Waals surface area contributed by atoms with E-state index in [4.69, 9.17) is 0 Å². The van der Waals surface area contributed by atoms with Gasteiger partial charge in [-0.2, -0.15) is 11.8 Å². The van der Waals surface area contributed by atoms with Crippen LogP contribution in [-0.4, -0.2) is 40.9 Å². The van der Waals surface area contributed by atoms with E-state index in [2.05, 4.69) is 20.9 Å². The molecule has 24 heavy (non-hydrogen) atoms. The first kappa shape index (κ1) is 21.0. The number of carbonyl (C=O) groups is 2. The fraction of sp³-hybridized carbons (Fsp3) is 0.533. The van der Waals surface area contributed by atoms with Crippen LogP contribution in [0.4, 0.5) is 11.5 Å². The number of rotatable bonds is 5. The molecule has 1 aromatic heterocycles. The van der Waals surface area contributed by atoms with E-state index < -0.39 is 0 Å². The maximum Gasteiger partial charge on any atom is 0.228 e. The van der Waals surface area contributed by atoms with E-state index >= 15 is 0 Å². The first-order chi connectivity index (χ1) is 10.7. The van der Waals surface area contributed by atoms with Crippen molar-refractivity contribution in [2.75, 3.05) is 28.7 Å². The number of hydrogen-bond donors (Lipinski definition) is 3. The number of hydrogen-bond acceptors (Lipinski definition) is 5. The van der Waals surface area contributed by atoms with Crippen LogP contribution in [0.25, 0.3) is 0 Å². The lowest BCUT2D eigenvalue weighted by Crippen LogP contribution is -2.39. The lowest BCUT2D eigenvalue weighted by molar-refractivity contribution is -0.117. The molecule has 1 unspecified atom stereocenters. The topological polar surface area (TPSA) is 83.1 Å². The highest BCUT2D eigenvalue weighted by Gasteiger charge is 2.29. The fourth-order valence-corrected chi connectivity index (χ4v) is 3.25. The molecule has 3 N–H and O–H groups in total. The van der Waals surface area contributed by atoms with Gasteiger partial charge in [-0.3, -0.25) is 9.59 Å². The first-order valence-electron chi connectivity index (χ1n) is 7.58. The third kappa shape index (κ3) is 6.47. The molecule has 2 aliphatic rings. The van der Waals surface area contributed by atoms with Gasteiger partial charge in [0.2, 0.25) is 11.8 Å². The molecule has 1 aliphatic carbocycles. The zero-order valence-corrected chi connectivity index (χ0v) is 15.6. The van der Waals surface area contributed by atoms with Crippen molar-refractivity contribution in [3.63, 3.8) is 0 Å². The molecule has 0 spiro atoms. The van der Waals surface area contributed by atoms with Crippen LogP contribution in [0.3, 0.4) is 0 Å². The zero-order valence-electron chi connectivity index (χ0n) is 13.1. The lowest BCUT2D eigenvalue weighted by Gasteiger charge is -2.22. The molecule has 1 atom stereocenters. The molecule has 0 aromatic carbocycles. The number of thioether (sulfide) groups is 1. The van der Waals surface area contributed by atoms with Gasteiger partial charge >= 0.3 is 0 Å². The van der Waals surface area contributed by atoms with Crippen LogP contribution >= 0.6 is 36.6 Å². The van der Waals surface area contributed by atoms with Crippen molar-refractivity contribution in [2.24, 2.45) is 5.92 Å². The molecule has 0 radical (unpaired) electrons. The Balaban J connectivity index is 0.00000144. The molecule has 2 fully saturated rings. The van der Waals surface area contributed by atoms with Crippen molar-refractivity contribution in [1.82, 2.24) is 10.3 Å². The number of nitrogens with one attached hydrogen (secondary N) is 3. The Kier molecular flexibility index (Phi) is 8.83. The quantitative estimate of drug-likeness (QED) is 0.715. The zero-order chi connectivity index (χ0) is 15.4. The van der Waals surface area contributed by atoms with E-state index in [0.29, 0.717) is 17.9 Å². The number of nitrogens with zero attached hydrogens (tertiary/aromatic N) is 1. The minimum atomic E-state index is -0.0171. The van der Waals surface area contributed by atoms with Gasteiger partial charge in [-0.1, -0.05) is 0 Å². The Labute approximate surface area is 158 Å². The Morgan fingerprint density at radius 3 is 2.62 bits per heavy atom. The summed E-state index contributed by atoms with van der Waals surface area (Å²) >= 11 is 1.87. The smallest absolute Gasteiger partial charge is 0.228 e. The van der Waals surface area contributed by atoms with Crippen LogP contribution in [0.15, 0.2) is 18.3 Å². The number of anilines is 2. The van der Waals surface area contributed by atoms with Gasteiger partial charge < -0.3 is 16.0 Å². The highest BCUT2D eigenvalue weighted by atomic mass is 35.5. The van der Waals surface area contributed by atoms with Crippen molar-refractivity contribution in [2.45, 2.75) is 25.3 Å². The maximum absolute atomic E-state index is 12.0. The molecule has 9 heteroatoms. The van der Waals surface area contributed by atoms with Gasteiger partial charge in [0.05, 0.1) is 11.9 Å². The van der Waals surface area contributed by atoms with Gasteiger partial charge in [0.1, 0.15) is 5.82 Å². The molecule has 1 saturated heterocycles. The highest BCUT2D eigenvalue weighted by Crippen LogP contribution is 2.29. The van der Waals surface area contributed by atoms with Crippen molar-refractivity contribution in [1.29, 1.82) is 0 Å². The normalized spacial score (nSPS) is 19.4. The number of amides is 2. The van der Waals surface area contributed by atoms with Crippen LogP contribution in [0.5, 0.6) is 0 Å². The third-order valence-electron chi connectivity index (χ3n) is 3.68. The number of pyridine rings is 1. The first-order valence-corrected chi connectivity index (χ1v) is 8.74. The second-order valence-corrected chi connectivity index (χ2v) is 6.82. The van der Waals surface area contributed by atoms with Crippen LogP contribution in [0.1, 0.15) is 19.3 Å². The van der Waals surface area contributed by atoms with Gasteiger partial charge in [0.15, 0.2) is 0 Å². The Hall–Kier alpha value is -1.02. The number of aromatic nitrogens is 1. The van der Waals surface area contributed by atoms with Crippen LogP contribution in [0, 0.1) is 5.92 Å². The molecule has 134 valence electrons. The summed E-state index contributed by atoms with van der Waals surface area (Å²) in [6.45, 7) is 0.958. The van der Waals surface area contributed by atoms with Crippen molar-refractivity contribution in [3.8, 4) is 0 Å². The molecule has 1 saturated carbocycles. The second kappa shape index (κ2) is 10.1. The fourth-order valence-electron chi connectivity index (χ4n) is 2.30. The van der Waals surface area contributed by atoms with E-state index in [1.807, 2.05) is 11.8 Å². The summed E-state index contributed by atoms with van der Waals surface area (Å²) in [5.74, 6) is 2.78. The monoisotopic (exact) mass is 392 g/mol. The van der Waals surface area contributed by atoms with Crippen molar-refractivity contribution < 1.29 is 9.59 Å². The van der Waals surface area contributed by atoms with Crippen molar-refractivity contribution >= 4 is 59.9 Å². The molecular weight excluding hydrogens is 371 g/mol. The van der Waals surface area contributed by atoms with Crippen LogP contribution < -0.4 is 16.0 Å². The molecule has 3 rings (SSSR count). The van der Waals surface area contributed by atoms with Gasteiger partial charge in [0.25, 0.3) is 0 Å². The predicted octanol–water partition coefficient (Wildman–Crippen LogP) is 2.31. The third-order valence-corrected chi connectivity index (χ3v) is 4.81. The Morgan fingerprint density at radius 1 is 1.25 bits per heavy atom. The molecule has 6 nitrogen and oxygen atoms in total. The average molecular weight is 393 g/mol. The van der Waals surface area contributed by atoms with Crippen LogP contribution in [-0.2, 0) is 9.59 Å². The minimum absolute atomic E-state index is 0. The van der Waals surface area contributed by atoms with E-state index in [0.717, 1.165) is 30.9 Å². The molecule has 2 heterocycles. The number of carbonyl (C=O) groups excluding carboxylic acids is 2. The highest BCUT2D eigenvalue weighted by molar-refractivity contribution is 7.99. The summed E-state index contributed by atoms with van der Waals surface area (Å²) in [5.41, 5.74) is 0.651. The second-order valence-electron chi connectivity index (χ2n) is 5.67. The van der Waals surface area contributed by atoms with E-state index in [1.165, 1.54) is 0 Å². The lowest BCUT2D eigenvalue weighted by atomic mass is 10.2. The van der Waals surface area contributed by atoms with E-state index in [9.17, 15) is 9.59 Å². The SMILES string of the molecule is Cl.Cl.O=C(CC1CSCCN1)Nc1ccc(NC(=O)C2CC2)nc1. The largest absolute Gasteiger partial charge is 0.325 e. The number of halogens is 2. The molecular formula is C15H22Cl2N4O2S. The summed E-state index contributed by atoms with van der Waals surface area (Å²) in [6, 6.07) is 3.71. The van der Waals surface area contributed by atoms with Crippen LogP contribution in [0.2, 0.25) is 0 Å². The van der Waals surface area contributed by atoms with E-state index in [-0.39, 0.29) is 48.6 Å². The summed E-state index contributed by atoms with van der Waals surface area (Å²) in [6.07, 6.45) is 3.97. The molecule has 2 amide bonds. The predicted molar refractivity (Wildman–Crippen MR) is 102 cm³/mol. The molecule has 1 aliphatic heterocycles. The summed E-state index contributed by atoms with van der Waals surface area (Å²) in [5, 5.41) is 8.95. The Bertz CT molecular complexity index is 549. The van der Waals surface area contributed by atoms with E-state index in [1.54, 1.807) is 18.3 Å². The van der Waals surface area contributed by atoms with Crippen molar-refractivity contribution in [3.05, 3.63) is 18.3 Å². The summed E-state index contributed by atoms with van der Waals surface area (Å²) in [7, 11) is 0. The Morgan fingerprint density at radius 2 is 2.04 bits per heavy atom. The average Bonchev–Trinajstić information content (AvgIpc) is 3.35. The van der Waals surface area contributed by atoms with Gasteiger partial charge in [-0.15, -0.1) is 24.8 Å². The van der Waals surface area contributed by atoms with Gasteiger partial charge in [-0.25, -0.2) is 4.98 Å².